The number of benzene rings is 2. The minimum atomic E-state index is 0.442. The molecule has 2 heteroatoms. The van der Waals surface area contributed by atoms with Crippen molar-refractivity contribution in [3.63, 3.8) is 0 Å². The molecule has 0 aliphatic heterocycles. The molecule has 4 N–H and O–H groups in total. The number of hydrogen-bond acceptors (Lipinski definition) is 2. The second-order valence-corrected chi connectivity index (χ2v) is 6.78. The normalized spacial score (nSPS) is 11.2. The van der Waals surface area contributed by atoms with Crippen LogP contribution in [0, 0.1) is 6.92 Å². The first-order valence-electron chi connectivity index (χ1n) is 8.66. The highest BCUT2D eigenvalue weighted by molar-refractivity contribution is 5.58. The molecule has 0 saturated carbocycles. The van der Waals surface area contributed by atoms with Gasteiger partial charge in [0.15, 0.2) is 0 Å². The molecule has 0 aromatic heterocycles. The molecule has 0 heterocycles. The predicted molar refractivity (Wildman–Crippen MR) is 102 cm³/mol. The van der Waals surface area contributed by atoms with E-state index in [-0.39, 0.29) is 0 Å². The Morgan fingerprint density at radius 3 is 1.83 bits per heavy atom. The lowest BCUT2D eigenvalue weighted by molar-refractivity contribution is 0.864. The van der Waals surface area contributed by atoms with E-state index in [4.69, 9.17) is 11.5 Å². The van der Waals surface area contributed by atoms with Crippen LogP contribution in [0.4, 0.5) is 11.4 Å². The Kier molecular flexibility index (Phi) is 5.35. The van der Waals surface area contributed by atoms with Gasteiger partial charge >= 0.3 is 0 Å². The summed E-state index contributed by atoms with van der Waals surface area (Å²) in [5.41, 5.74) is 22.0. The summed E-state index contributed by atoms with van der Waals surface area (Å²) in [4.78, 5) is 0. The molecule has 0 unspecified atom stereocenters. The Balaban J connectivity index is 2.43. The molecule has 2 aromatic carbocycles. The van der Waals surface area contributed by atoms with Crippen LogP contribution in [-0.4, -0.2) is 0 Å². The summed E-state index contributed by atoms with van der Waals surface area (Å²) in [5, 5.41) is 0. The first-order chi connectivity index (χ1) is 10.9. The average molecular weight is 310 g/mol. The first-order valence-corrected chi connectivity index (χ1v) is 8.66. The molecule has 0 atom stereocenters. The van der Waals surface area contributed by atoms with Crippen LogP contribution in [-0.2, 0) is 19.3 Å². The first kappa shape index (κ1) is 17.4. The molecule has 23 heavy (non-hydrogen) atoms. The van der Waals surface area contributed by atoms with E-state index in [1.807, 2.05) is 0 Å². The molecule has 0 aliphatic carbocycles. The largest absolute Gasteiger partial charge is 0.398 e. The van der Waals surface area contributed by atoms with Crippen LogP contribution in [0.5, 0.6) is 0 Å². The lowest BCUT2D eigenvalue weighted by Crippen LogP contribution is -2.04. The van der Waals surface area contributed by atoms with Crippen LogP contribution >= 0.6 is 0 Å². The fourth-order valence-electron chi connectivity index (χ4n) is 3.26. The second kappa shape index (κ2) is 7.08. The summed E-state index contributed by atoms with van der Waals surface area (Å²) in [6.45, 7) is 10.8. The van der Waals surface area contributed by atoms with Crippen LogP contribution in [0.25, 0.3) is 0 Å². The van der Waals surface area contributed by atoms with Gasteiger partial charge in [0.1, 0.15) is 0 Å². The maximum Gasteiger partial charge on any atom is 0.0379 e. The summed E-state index contributed by atoms with van der Waals surface area (Å²) >= 11 is 0. The molecule has 0 saturated heterocycles. The number of rotatable bonds is 5. The molecule has 2 nitrogen and oxygen atoms in total. The smallest absolute Gasteiger partial charge is 0.0379 e. The number of nitrogen functional groups attached to an aromatic ring is 2. The molecule has 0 amide bonds. The van der Waals surface area contributed by atoms with Crippen LogP contribution in [0.3, 0.4) is 0 Å². The lowest BCUT2D eigenvalue weighted by Gasteiger charge is -2.16. The van der Waals surface area contributed by atoms with Crippen LogP contribution in [0.1, 0.15) is 67.0 Å². The third kappa shape index (κ3) is 3.69. The minimum Gasteiger partial charge on any atom is -0.398 e. The van der Waals surface area contributed by atoms with Crippen molar-refractivity contribution in [2.75, 3.05) is 11.5 Å². The summed E-state index contributed by atoms with van der Waals surface area (Å²) in [5.74, 6) is 0.442. The van der Waals surface area contributed by atoms with Gasteiger partial charge < -0.3 is 11.5 Å². The number of aryl methyl sites for hydroxylation is 3. The monoisotopic (exact) mass is 310 g/mol. The van der Waals surface area contributed by atoms with E-state index in [2.05, 4.69) is 58.9 Å². The van der Waals surface area contributed by atoms with E-state index in [0.717, 1.165) is 30.6 Å². The third-order valence-electron chi connectivity index (χ3n) is 4.68. The van der Waals surface area contributed by atoms with Crippen LogP contribution in [0.2, 0.25) is 0 Å². The number of hydrogen-bond donors (Lipinski definition) is 2. The van der Waals surface area contributed by atoms with Crippen LogP contribution < -0.4 is 11.5 Å². The Morgan fingerprint density at radius 1 is 0.826 bits per heavy atom. The Labute approximate surface area is 140 Å². The zero-order valence-corrected chi connectivity index (χ0v) is 15.2. The molecule has 2 aromatic rings. The molecule has 0 aliphatic rings. The molecule has 0 spiro atoms. The zero-order chi connectivity index (χ0) is 17.1. The molecule has 2 rings (SSSR count). The van der Waals surface area contributed by atoms with Gasteiger partial charge in [-0.05, 0) is 65.5 Å². The minimum absolute atomic E-state index is 0.442. The van der Waals surface area contributed by atoms with Crippen molar-refractivity contribution in [3.8, 4) is 0 Å². The zero-order valence-electron chi connectivity index (χ0n) is 15.2. The fraction of sp³-hybridized carbons (Fsp3) is 0.429. The van der Waals surface area contributed by atoms with Gasteiger partial charge in [-0.3, -0.25) is 0 Å². The van der Waals surface area contributed by atoms with Crippen molar-refractivity contribution < 1.29 is 0 Å². The van der Waals surface area contributed by atoms with Gasteiger partial charge in [0.25, 0.3) is 0 Å². The van der Waals surface area contributed by atoms with Crippen LogP contribution in [0.15, 0.2) is 24.3 Å². The van der Waals surface area contributed by atoms with E-state index >= 15 is 0 Å². The van der Waals surface area contributed by atoms with E-state index in [1.165, 1.54) is 33.4 Å². The van der Waals surface area contributed by atoms with Gasteiger partial charge in [0.2, 0.25) is 0 Å². The Morgan fingerprint density at radius 2 is 1.35 bits per heavy atom. The molecular weight excluding hydrogens is 280 g/mol. The van der Waals surface area contributed by atoms with Crippen molar-refractivity contribution in [3.05, 3.63) is 57.6 Å². The molecule has 124 valence electrons. The quantitative estimate of drug-likeness (QED) is 0.764. The summed E-state index contributed by atoms with van der Waals surface area (Å²) in [7, 11) is 0. The van der Waals surface area contributed by atoms with Gasteiger partial charge in [-0.25, -0.2) is 0 Å². The third-order valence-corrected chi connectivity index (χ3v) is 4.68. The van der Waals surface area contributed by atoms with Crippen molar-refractivity contribution in [2.24, 2.45) is 0 Å². The molecule has 0 fully saturated rings. The fourth-order valence-corrected chi connectivity index (χ4v) is 3.26. The Bertz CT molecular complexity index is 674. The van der Waals surface area contributed by atoms with Gasteiger partial charge in [-0.1, -0.05) is 52.0 Å². The molecular formula is C21H30N2. The second-order valence-electron chi connectivity index (χ2n) is 6.78. The maximum atomic E-state index is 6.26. The van der Waals surface area contributed by atoms with E-state index in [1.54, 1.807) is 0 Å². The number of anilines is 2. The summed E-state index contributed by atoms with van der Waals surface area (Å²) in [6.07, 6.45) is 2.89. The summed E-state index contributed by atoms with van der Waals surface area (Å²) < 4.78 is 0. The highest BCUT2D eigenvalue weighted by Gasteiger charge is 2.11. The van der Waals surface area contributed by atoms with Crippen molar-refractivity contribution >= 4 is 11.4 Å². The highest BCUT2D eigenvalue weighted by Crippen LogP contribution is 2.29. The maximum absolute atomic E-state index is 6.26. The summed E-state index contributed by atoms with van der Waals surface area (Å²) in [6, 6.07) is 9.00. The van der Waals surface area contributed by atoms with E-state index < -0.39 is 0 Å². The topological polar surface area (TPSA) is 52.0 Å². The average Bonchev–Trinajstić information content (AvgIpc) is 2.51. The SMILES string of the molecule is CCc1cc(Cc2cc(C)c(N)c(C(C)C)c2)cc(CC)c1N. The highest BCUT2D eigenvalue weighted by atomic mass is 14.6. The standard InChI is InChI=1S/C21H30N2/c1-6-17-10-16(11-18(7-2)21(17)23)9-15-8-14(5)20(22)19(12-15)13(3)4/h8,10-13H,6-7,9,22-23H2,1-5H3. The van der Waals surface area contributed by atoms with E-state index in [0.29, 0.717) is 5.92 Å². The van der Waals surface area contributed by atoms with E-state index in [9.17, 15) is 0 Å². The molecule has 0 radical (unpaired) electrons. The lowest BCUT2D eigenvalue weighted by atomic mass is 9.91. The van der Waals surface area contributed by atoms with Crippen molar-refractivity contribution in [1.82, 2.24) is 0 Å². The van der Waals surface area contributed by atoms with Crippen molar-refractivity contribution in [1.29, 1.82) is 0 Å². The van der Waals surface area contributed by atoms with Gasteiger partial charge in [-0.2, -0.15) is 0 Å². The predicted octanol–water partition coefficient (Wildman–Crippen LogP) is 5.00. The molecule has 0 bridgehead atoms. The Hall–Kier alpha value is -1.96. The van der Waals surface area contributed by atoms with Crippen molar-refractivity contribution in [2.45, 2.75) is 59.8 Å². The number of nitrogens with two attached hydrogens (primary N) is 2. The van der Waals surface area contributed by atoms with Gasteiger partial charge in [-0.15, -0.1) is 0 Å². The van der Waals surface area contributed by atoms with Gasteiger partial charge in [0, 0.05) is 11.4 Å². The van der Waals surface area contributed by atoms with Gasteiger partial charge in [0.05, 0.1) is 0 Å².